The number of hydrogen-bond donors (Lipinski definition) is 1. The predicted octanol–water partition coefficient (Wildman–Crippen LogP) is 3.81. The predicted molar refractivity (Wildman–Crippen MR) is 83.6 cm³/mol. The first-order valence-corrected chi connectivity index (χ1v) is 7.68. The number of nitrogens with one attached hydrogen (secondary N) is 1. The maximum Gasteiger partial charge on any atom is 0.0363 e. The number of hydrogen-bond acceptors (Lipinski definition) is 2. The van der Waals surface area contributed by atoms with Crippen LogP contribution in [0, 0.1) is 5.92 Å². The van der Waals surface area contributed by atoms with Crippen molar-refractivity contribution < 1.29 is 0 Å². The maximum atomic E-state index is 3.46. The van der Waals surface area contributed by atoms with Gasteiger partial charge in [-0.2, -0.15) is 0 Å². The van der Waals surface area contributed by atoms with Crippen LogP contribution in [0.4, 0.5) is 5.69 Å². The first kappa shape index (κ1) is 14.4. The lowest BCUT2D eigenvalue weighted by Gasteiger charge is -2.23. The van der Waals surface area contributed by atoms with E-state index in [1.54, 1.807) is 0 Å². The summed E-state index contributed by atoms with van der Waals surface area (Å²) >= 11 is 0. The normalized spacial score (nSPS) is 16.2. The monoisotopic (exact) mass is 260 g/mol. The van der Waals surface area contributed by atoms with Crippen LogP contribution in [-0.4, -0.2) is 19.6 Å². The van der Waals surface area contributed by atoms with Crippen molar-refractivity contribution in [2.24, 2.45) is 5.92 Å². The molecule has 1 fully saturated rings. The Kier molecular flexibility index (Phi) is 5.26. The van der Waals surface area contributed by atoms with Crippen molar-refractivity contribution in [1.82, 2.24) is 5.32 Å². The minimum Gasteiger partial charge on any atom is -0.374 e. The van der Waals surface area contributed by atoms with Crippen LogP contribution in [0.2, 0.25) is 0 Å². The van der Waals surface area contributed by atoms with Gasteiger partial charge in [0.15, 0.2) is 0 Å². The van der Waals surface area contributed by atoms with E-state index in [1.165, 1.54) is 43.5 Å². The Hall–Kier alpha value is -1.02. The Bertz CT molecular complexity index is 363. The summed E-state index contributed by atoms with van der Waals surface area (Å²) in [6.07, 6.45) is 5.69. The molecule has 0 heterocycles. The highest BCUT2D eigenvalue weighted by molar-refractivity contribution is 5.46. The molecule has 2 nitrogen and oxygen atoms in total. The van der Waals surface area contributed by atoms with Crippen LogP contribution in [0.15, 0.2) is 24.3 Å². The quantitative estimate of drug-likeness (QED) is 0.836. The molecule has 0 aromatic heterocycles. The molecule has 0 bridgehead atoms. The molecule has 1 aromatic carbocycles. The molecule has 106 valence electrons. The van der Waals surface area contributed by atoms with Crippen LogP contribution in [0.1, 0.15) is 45.1 Å². The molecule has 1 aliphatic rings. The summed E-state index contributed by atoms with van der Waals surface area (Å²) in [5.41, 5.74) is 2.71. The molecule has 0 unspecified atom stereocenters. The zero-order chi connectivity index (χ0) is 13.7. The van der Waals surface area contributed by atoms with Gasteiger partial charge in [-0.15, -0.1) is 0 Å². The SMILES string of the molecule is CC(C)NCc1ccc(N(C)CC2CCCC2)cc1. The molecule has 0 amide bonds. The molecular weight excluding hydrogens is 232 g/mol. The lowest BCUT2D eigenvalue weighted by molar-refractivity contribution is 0.547. The van der Waals surface area contributed by atoms with Gasteiger partial charge < -0.3 is 10.2 Å². The van der Waals surface area contributed by atoms with E-state index in [-0.39, 0.29) is 0 Å². The smallest absolute Gasteiger partial charge is 0.0363 e. The van der Waals surface area contributed by atoms with Gasteiger partial charge in [-0.1, -0.05) is 38.8 Å². The van der Waals surface area contributed by atoms with Crippen molar-refractivity contribution in [3.8, 4) is 0 Å². The number of benzene rings is 1. The molecule has 2 heteroatoms. The molecule has 1 aromatic rings. The second-order valence-corrected chi connectivity index (χ2v) is 6.23. The van der Waals surface area contributed by atoms with E-state index in [0.29, 0.717) is 6.04 Å². The fourth-order valence-corrected chi connectivity index (χ4v) is 2.88. The lowest BCUT2D eigenvalue weighted by atomic mass is 10.1. The van der Waals surface area contributed by atoms with Gasteiger partial charge in [-0.25, -0.2) is 0 Å². The first-order chi connectivity index (χ1) is 9.15. The first-order valence-electron chi connectivity index (χ1n) is 7.68. The van der Waals surface area contributed by atoms with Crippen molar-refractivity contribution in [2.75, 3.05) is 18.5 Å². The zero-order valence-electron chi connectivity index (χ0n) is 12.7. The summed E-state index contributed by atoms with van der Waals surface area (Å²) < 4.78 is 0. The summed E-state index contributed by atoms with van der Waals surface area (Å²) in [6.45, 7) is 6.54. The molecule has 0 radical (unpaired) electrons. The molecule has 0 saturated heterocycles. The van der Waals surface area contributed by atoms with Crippen LogP contribution in [0.25, 0.3) is 0 Å². The summed E-state index contributed by atoms with van der Waals surface area (Å²) in [6, 6.07) is 9.55. The van der Waals surface area contributed by atoms with Gasteiger partial charge in [0.2, 0.25) is 0 Å². The Labute approximate surface area is 118 Å². The van der Waals surface area contributed by atoms with E-state index in [2.05, 4.69) is 55.4 Å². The molecule has 1 aliphatic carbocycles. The maximum absolute atomic E-state index is 3.46. The van der Waals surface area contributed by atoms with Gasteiger partial charge in [0.05, 0.1) is 0 Å². The molecule has 0 atom stereocenters. The topological polar surface area (TPSA) is 15.3 Å². The van der Waals surface area contributed by atoms with Crippen LogP contribution < -0.4 is 10.2 Å². The van der Waals surface area contributed by atoms with Crippen LogP contribution >= 0.6 is 0 Å². The van der Waals surface area contributed by atoms with Gasteiger partial charge in [-0.05, 0) is 36.5 Å². The number of nitrogens with zero attached hydrogens (tertiary/aromatic N) is 1. The largest absolute Gasteiger partial charge is 0.374 e. The fraction of sp³-hybridized carbons (Fsp3) is 0.647. The van der Waals surface area contributed by atoms with Gasteiger partial charge in [0, 0.05) is 31.9 Å². The molecule has 1 saturated carbocycles. The average Bonchev–Trinajstić information content (AvgIpc) is 2.89. The van der Waals surface area contributed by atoms with Gasteiger partial charge in [0.25, 0.3) is 0 Å². The number of rotatable bonds is 6. The van der Waals surface area contributed by atoms with E-state index < -0.39 is 0 Å². The van der Waals surface area contributed by atoms with E-state index in [1.807, 2.05) is 0 Å². The molecule has 0 spiro atoms. The Morgan fingerprint density at radius 1 is 1.16 bits per heavy atom. The molecule has 0 aliphatic heterocycles. The molecule has 19 heavy (non-hydrogen) atoms. The van der Waals surface area contributed by atoms with Gasteiger partial charge in [0.1, 0.15) is 0 Å². The zero-order valence-corrected chi connectivity index (χ0v) is 12.7. The van der Waals surface area contributed by atoms with Gasteiger partial charge in [-0.3, -0.25) is 0 Å². The standard InChI is InChI=1S/C17H28N2/c1-14(2)18-12-15-8-10-17(11-9-15)19(3)13-16-6-4-5-7-16/h8-11,14,16,18H,4-7,12-13H2,1-3H3. The van der Waals surface area contributed by atoms with Crippen LogP contribution in [0.5, 0.6) is 0 Å². The molecule has 2 rings (SSSR count). The van der Waals surface area contributed by atoms with Crippen LogP contribution in [0.3, 0.4) is 0 Å². The lowest BCUT2D eigenvalue weighted by Crippen LogP contribution is -2.24. The van der Waals surface area contributed by atoms with Crippen molar-refractivity contribution in [1.29, 1.82) is 0 Å². The highest BCUT2D eigenvalue weighted by Crippen LogP contribution is 2.26. The van der Waals surface area contributed by atoms with E-state index in [9.17, 15) is 0 Å². The third kappa shape index (κ3) is 4.54. The van der Waals surface area contributed by atoms with E-state index >= 15 is 0 Å². The van der Waals surface area contributed by atoms with Crippen LogP contribution in [-0.2, 0) is 6.54 Å². The summed E-state index contributed by atoms with van der Waals surface area (Å²) in [5, 5.41) is 3.46. The molecule has 1 N–H and O–H groups in total. The van der Waals surface area contributed by atoms with E-state index in [0.717, 1.165) is 12.5 Å². The Balaban J connectivity index is 1.86. The third-order valence-corrected chi connectivity index (χ3v) is 4.10. The fourth-order valence-electron chi connectivity index (χ4n) is 2.88. The van der Waals surface area contributed by atoms with Crippen molar-refractivity contribution in [3.05, 3.63) is 29.8 Å². The molecular formula is C17H28N2. The van der Waals surface area contributed by atoms with Crippen molar-refractivity contribution >= 4 is 5.69 Å². The second kappa shape index (κ2) is 6.95. The Morgan fingerprint density at radius 2 is 1.79 bits per heavy atom. The second-order valence-electron chi connectivity index (χ2n) is 6.23. The summed E-state index contributed by atoms with van der Waals surface area (Å²) in [5.74, 6) is 0.910. The minimum absolute atomic E-state index is 0.546. The van der Waals surface area contributed by atoms with Crippen molar-refractivity contribution in [3.63, 3.8) is 0 Å². The highest BCUT2D eigenvalue weighted by Gasteiger charge is 2.16. The Morgan fingerprint density at radius 3 is 2.37 bits per heavy atom. The van der Waals surface area contributed by atoms with Crippen molar-refractivity contribution in [2.45, 2.75) is 52.1 Å². The highest BCUT2D eigenvalue weighted by atomic mass is 15.1. The summed E-state index contributed by atoms with van der Waals surface area (Å²) in [4.78, 5) is 2.41. The van der Waals surface area contributed by atoms with E-state index in [4.69, 9.17) is 0 Å². The number of anilines is 1. The van der Waals surface area contributed by atoms with Gasteiger partial charge >= 0.3 is 0 Å². The average molecular weight is 260 g/mol. The minimum atomic E-state index is 0.546. The third-order valence-electron chi connectivity index (χ3n) is 4.10. The summed E-state index contributed by atoms with van der Waals surface area (Å²) in [7, 11) is 2.22.